The highest BCUT2D eigenvalue weighted by atomic mass is 19.4. The lowest BCUT2D eigenvalue weighted by Gasteiger charge is -2.35. The number of nitrogens with zero attached hydrogens (tertiary/aromatic N) is 3. The Balaban J connectivity index is 1.62. The lowest BCUT2D eigenvalue weighted by atomic mass is 10.2. The molecule has 122 valence electrons. The van der Waals surface area contributed by atoms with E-state index in [2.05, 4.69) is 4.98 Å². The molecule has 0 N–H and O–H groups in total. The molecule has 1 aliphatic rings. The van der Waals surface area contributed by atoms with Crippen molar-refractivity contribution in [1.82, 2.24) is 9.88 Å². The third-order valence-electron chi connectivity index (χ3n) is 3.70. The van der Waals surface area contributed by atoms with Crippen molar-refractivity contribution in [2.45, 2.75) is 6.18 Å². The van der Waals surface area contributed by atoms with Crippen molar-refractivity contribution in [2.24, 2.45) is 0 Å². The third-order valence-corrected chi connectivity index (χ3v) is 3.70. The van der Waals surface area contributed by atoms with Gasteiger partial charge in [0.25, 0.3) is 5.91 Å². The van der Waals surface area contributed by atoms with Crippen LogP contribution in [0, 0.1) is 0 Å². The van der Waals surface area contributed by atoms with Crippen molar-refractivity contribution in [2.75, 3.05) is 31.1 Å². The van der Waals surface area contributed by atoms with Gasteiger partial charge in [0.1, 0.15) is 5.69 Å². The number of rotatable bonds is 2. The molecular weight excluding hydrogens is 311 g/mol. The molecule has 0 aromatic carbocycles. The quantitative estimate of drug-likeness (QED) is 0.852. The second-order valence-corrected chi connectivity index (χ2v) is 5.16. The number of carbonyl (C=O) groups is 1. The summed E-state index contributed by atoms with van der Waals surface area (Å²) in [6.07, 6.45) is -1.78. The van der Waals surface area contributed by atoms with E-state index < -0.39 is 11.9 Å². The molecule has 0 saturated carbocycles. The third kappa shape index (κ3) is 3.30. The van der Waals surface area contributed by atoms with Gasteiger partial charge >= 0.3 is 6.18 Å². The van der Waals surface area contributed by atoms with Gasteiger partial charge in [-0.15, -0.1) is 0 Å². The fourth-order valence-corrected chi connectivity index (χ4v) is 2.46. The van der Waals surface area contributed by atoms with Crippen LogP contribution in [0.4, 0.5) is 18.9 Å². The van der Waals surface area contributed by atoms with Crippen molar-refractivity contribution < 1.29 is 22.4 Å². The van der Waals surface area contributed by atoms with Crippen LogP contribution in [-0.4, -0.2) is 42.0 Å². The zero-order valence-corrected chi connectivity index (χ0v) is 12.1. The first kappa shape index (κ1) is 15.4. The van der Waals surface area contributed by atoms with E-state index in [1.54, 1.807) is 17.0 Å². The smallest absolute Gasteiger partial charge is 0.433 e. The van der Waals surface area contributed by atoms with Crippen molar-refractivity contribution in [3.63, 3.8) is 0 Å². The number of alkyl halides is 3. The highest BCUT2D eigenvalue weighted by Gasteiger charge is 2.32. The van der Waals surface area contributed by atoms with E-state index in [9.17, 15) is 18.0 Å². The van der Waals surface area contributed by atoms with Gasteiger partial charge in [-0.3, -0.25) is 4.79 Å². The second-order valence-electron chi connectivity index (χ2n) is 5.16. The number of halogens is 3. The number of hydrogen-bond acceptors (Lipinski definition) is 4. The number of amides is 1. The molecule has 2 aromatic rings. The zero-order valence-electron chi connectivity index (χ0n) is 12.1. The normalized spacial score (nSPS) is 15.8. The first-order valence-electron chi connectivity index (χ1n) is 7.06. The summed E-state index contributed by atoms with van der Waals surface area (Å²) in [5.74, 6) is 0.106. The Morgan fingerprint density at radius 1 is 1.13 bits per heavy atom. The van der Waals surface area contributed by atoms with Crippen molar-refractivity contribution >= 4 is 11.6 Å². The average molecular weight is 325 g/mol. The van der Waals surface area contributed by atoms with E-state index in [-0.39, 0.29) is 11.7 Å². The molecule has 5 nitrogen and oxygen atoms in total. The van der Waals surface area contributed by atoms with E-state index in [1.165, 1.54) is 18.5 Å². The van der Waals surface area contributed by atoms with Crippen LogP contribution in [0.2, 0.25) is 0 Å². The molecule has 0 unspecified atom stereocenters. The van der Waals surface area contributed by atoms with Gasteiger partial charge in [-0.25, -0.2) is 4.98 Å². The molecule has 0 bridgehead atoms. The van der Waals surface area contributed by atoms with Gasteiger partial charge in [-0.2, -0.15) is 13.2 Å². The number of piperazine rings is 1. The Morgan fingerprint density at radius 2 is 1.87 bits per heavy atom. The standard InChI is InChI=1S/C15H14F3N3O2/c16-15(17,18)13-4-3-11(10-19-13)20-5-7-21(8-6-20)14(22)12-2-1-9-23-12/h1-4,9-10H,5-8H2. The molecule has 1 aliphatic heterocycles. The molecule has 8 heteroatoms. The van der Waals surface area contributed by atoms with Crippen LogP contribution >= 0.6 is 0 Å². The van der Waals surface area contributed by atoms with Crippen LogP contribution in [0.25, 0.3) is 0 Å². The average Bonchev–Trinajstić information content (AvgIpc) is 3.08. The summed E-state index contributed by atoms with van der Waals surface area (Å²) in [6.45, 7) is 2.00. The molecule has 23 heavy (non-hydrogen) atoms. The predicted octanol–water partition coefficient (Wildman–Crippen LogP) is 2.66. The molecule has 0 radical (unpaired) electrons. The Bertz CT molecular complexity index is 660. The van der Waals surface area contributed by atoms with Crippen molar-refractivity contribution in [3.8, 4) is 0 Å². The molecule has 0 aliphatic carbocycles. The van der Waals surface area contributed by atoms with Gasteiger partial charge in [-0.1, -0.05) is 0 Å². The van der Waals surface area contributed by atoms with Gasteiger partial charge < -0.3 is 14.2 Å². The van der Waals surface area contributed by atoms with E-state index >= 15 is 0 Å². The first-order chi connectivity index (χ1) is 10.9. The summed E-state index contributed by atoms with van der Waals surface area (Å²) in [5, 5.41) is 0. The monoisotopic (exact) mass is 325 g/mol. The highest BCUT2D eigenvalue weighted by Crippen LogP contribution is 2.28. The molecule has 2 aromatic heterocycles. The van der Waals surface area contributed by atoms with Crippen LogP contribution in [0.1, 0.15) is 16.2 Å². The number of pyridine rings is 1. The summed E-state index contributed by atoms with van der Waals surface area (Å²) in [4.78, 5) is 19.2. The Labute approximate surface area is 130 Å². The number of furan rings is 1. The zero-order chi connectivity index (χ0) is 16.4. The Hall–Kier alpha value is -2.51. The lowest BCUT2D eigenvalue weighted by Crippen LogP contribution is -2.48. The molecule has 0 atom stereocenters. The summed E-state index contributed by atoms with van der Waals surface area (Å²) >= 11 is 0. The highest BCUT2D eigenvalue weighted by molar-refractivity contribution is 5.91. The fraction of sp³-hybridized carbons (Fsp3) is 0.333. The Morgan fingerprint density at radius 3 is 2.39 bits per heavy atom. The molecule has 1 saturated heterocycles. The molecule has 3 rings (SSSR count). The second kappa shape index (κ2) is 5.94. The molecule has 1 amide bonds. The number of carbonyl (C=O) groups excluding carboxylic acids is 1. The van der Waals surface area contributed by atoms with E-state index in [0.717, 1.165) is 6.07 Å². The maximum atomic E-state index is 12.5. The summed E-state index contributed by atoms with van der Waals surface area (Å²) in [7, 11) is 0. The van der Waals surface area contributed by atoms with E-state index in [1.807, 2.05) is 4.90 Å². The van der Waals surface area contributed by atoms with Gasteiger partial charge in [0.2, 0.25) is 0 Å². The van der Waals surface area contributed by atoms with Crippen LogP contribution in [0.15, 0.2) is 41.1 Å². The first-order valence-corrected chi connectivity index (χ1v) is 7.06. The minimum Gasteiger partial charge on any atom is -0.459 e. The summed E-state index contributed by atoms with van der Waals surface area (Å²) < 4.78 is 42.6. The number of aromatic nitrogens is 1. The number of hydrogen-bond donors (Lipinski definition) is 0. The van der Waals surface area contributed by atoms with Crippen LogP contribution in [0.5, 0.6) is 0 Å². The minimum absolute atomic E-state index is 0.180. The fourth-order valence-electron chi connectivity index (χ4n) is 2.46. The van der Waals surface area contributed by atoms with Gasteiger partial charge in [-0.05, 0) is 24.3 Å². The summed E-state index contributed by atoms with van der Waals surface area (Å²) in [6, 6.07) is 5.63. The Kier molecular flexibility index (Phi) is 3.97. The molecule has 1 fully saturated rings. The predicted molar refractivity (Wildman–Crippen MR) is 76.1 cm³/mol. The largest absolute Gasteiger partial charge is 0.459 e. The molecular formula is C15H14F3N3O2. The number of anilines is 1. The van der Waals surface area contributed by atoms with Crippen LogP contribution in [-0.2, 0) is 6.18 Å². The SMILES string of the molecule is O=C(c1ccco1)N1CCN(c2ccc(C(F)(F)F)nc2)CC1. The topological polar surface area (TPSA) is 49.6 Å². The van der Waals surface area contributed by atoms with Crippen molar-refractivity contribution in [1.29, 1.82) is 0 Å². The summed E-state index contributed by atoms with van der Waals surface area (Å²) in [5.41, 5.74) is -0.295. The van der Waals surface area contributed by atoms with Crippen molar-refractivity contribution in [3.05, 3.63) is 48.2 Å². The molecule has 3 heterocycles. The van der Waals surface area contributed by atoms with Gasteiger partial charge in [0.15, 0.2) is 5.76 Å². The minimum atomic E-state index is -4.44. The van der Waals surface area contributed by atoms with Gasteiger partial charge in [0, 0.05) is 26.2 Å². The maximum Gasteiger partial charge on any atom is 0.433 e. The van der Waals surface area contributed by atoms with Crippen LogP contribution in [0.3, 0.4) is 0 Å². The lowest BCUT2D eigenvalue weighted by molar-refractivity contribution is -0.141. The molecule has 0 spiro atoms. The van der Waals surface area contributed by atoms with Crippen LogP contribution < -0.4 is 4.90 Å². The van der Waals surface area contributed by atoms with E-state index in [0.29, 0.717) is 31.9 Å². The maximum absolute atomic E-state index is 12.5. The van der Waals surface area contributed by atoms with E-state index in [4.69, 9.17) is 4.42 Å². The van der Waals surface area contributed by atoms with Gasteiger partial charge in [0.05, 0.1) is 18.1 Å².